The lowest BCUT2D eigenvalue weighted by molar-refractivity contribution is 0.0288. The molecular weight excluding hydrogens is 448 g/mol. The van der Waals surface area contributed by atoms with Gasteiger partial charge in [-0.05, 0) is 71.0 Å². The van der Waals surface area contributed by atoms with E-state index in [1.807, 2.05) is 20.8 Å². The second-order valence-electron chi connectivity index (χ2n) is 6.52. The molecule has 2 heterocycles. The second kappa shape index (κ2) is 7.53. The van der Waals surface area contributed by atoms with Crippen LogP contribution in [0.3, 0.4) is 0 Å². The van der Waals surface area contributed by atoms with Crippen LogP contribution in [-0.4, -0.2) is 42.1 Å². The van der Waals surface area contributed by atoms with Crippen molar-refractivity contribution < 1.29 is 14.3 Å². The SMILES string of the molecule is CC(C)(C)OC(=O)N1CCC(CNC(=O)c2cc(Br)c(Br)s2)C1. The molecule has 0 spiro atoms. The van der Waals surface area contributed by atoms with Crippen LogP contribution in [0, 0.1) is 5.92 Å². The predicted octanol–water partition coefficient (Wildman–Crippen LogP) is 4.26. The summed E-state index contributed by atoms with van der Waals surface area (Å²) in [6.07, 6.45) is 0.592. The highest BCUT2D eigenvalue weighted by Gasteiger charge is 2.30. The first-order valence-electron chi connectivity index (χ1n) is 7.36. The molecule has 1 atom stereocenters. The van der Waals surface area contributed by atoms with E-state index in [0.29, 0.717) is 24.5 Å². The summed E-state index contributed by atoms with van der Waals surface area (Å²) in [5.74, 6) is 0.176. The fraction of sp³-hybridized carbons (Fsp3) is 0.600. The summed E-state index contributed by atoms with van der Waals surface area (Å²) in [7, 11) is 0. The van der Waals surface area contributed by atoms with Crippen LogP contribution in [0.15, 0.2) is 14.3 Å². The fourth-order valence-corrected chi connectivity index (χ4v) is 4.23. The highest BCUT2D eigenvalue weighted by molar-refractivity contribution is 9.13. The molecule has 1 aromatic heterocycles. The number of thiophene rings is 1. The minimum Gasteiger partial charge on any atom is -0.444 e. The Morgan fingerprint density at radius 2 is 2.13 bits per heavy atom. The van der Waals surface area contributed by atoms with Crippen LogP contribution >= 0.6 is 43.2 Å². The summed E-state index contributed by atoms with van der Waals surface area (Å²) >= 11 is 8.15. The highest BCUT2D eigenvalue weighted by atomic mass is 79.9. The van der Waals surface area contributed by atoms with E-state index in [2.05, 4.69) is 37.2 Å². The molecule has 1 N–H and O–H groups in total. The van der Waals surface area contributed by atoms with Gasteiger partial charge in [0.15, 0.2) is 0 Å². The minimum atomic E-state index is -0.483. The van der Waals surface area contributed by atoms with Crippen LogP contribution in [0.25, 0.3) is 0 Å². The Kier molecular flexibility index (Phi) is 6.13. The van der Waals surface area contributed by atoms with Crippen molar-refractivity contribution in [3.8, 4) is 0 Å². The average Bonchev–Trinajstić information content (AvgIpc) is 3.02. The van der Waals surface area contributed by atoms with Gasteiger partial charge in [0.25, 0.3) is 5.91 Å². The Hall–Kier alpha value is -0.600. The number of hydrogen-bond donors (Lipinski definition) is 1. The van der Waals surface area contributed by atoms with E-state index in [-0.39, 0.29) is 17.9 Å². The van der Waals surface area contributed by atoms with E-state index in [4.69, 9.17) is 4.74 Å². The Morgan fingerprint density at radius 1 is 1.43 bits per heavy atom. The fourth-order valence-electron chi connectivity index (χ4n) is 2.27. The maximum absolute atomic E-state index is 12.1. The number of halogens is 2. The van der Waals surface area contributed by atoms with E-state index in [0.717, 1.165) is 14.7 Å². The van der Waals surface area contributed by atoms with Gasteiger partial charge in [0.1, 0.15) is 5.60 Å². The van der Waals surface area contributed by atoms with Crippen molar-refractivity contribution in [1.29, 1.82) is 0 Å². The van der Waals surface area contributed by atoms with Gasteiger partial charge in [0.05, 0.1) is 8.66 Å². The van der Waals surface area contributed by atoms with E-state index >= 15 is 0 Å². The number of carbonyl (C=O) groups excluding carboxylic acids is 2. The van der Waals surface area contributed by atoms with E-state index in [1.165, 1.54) is 11.3 Å². The molecule has 0 aromatic carbocycles. The van der Waals surface area contributed by atoms with Crippen molar-refractivity contribution in [2.45, 2.75) is 32.8 Å². The third kappa shape index (κ3) is 5.46. The molecule has 0 aliphatic carbocycles. The van der Waals surface area contributed by atoms with Gasteiger partial charge in [-0.1, -0.05) is 0 Å². The maximum atomic E-state index is 12.1. The highest BCUT2D eigenvalue weighted by Crippen LogP contribution is 2.32. The van der Waals surface area contributed by atoms with Crippen molar-refractivity contribution >= 4 is 55.2 Å². The van der Waals surface area contributed by atoms with Crippen molar-refractivity contribution in [2.75, 3.05) is 19.6 Å². The molecule has 128 valence electrons. The molecule has 1 aliphatic heterocycles. The van der Waals surface area contributed by atoms with Crippen LogP contribution in [-0.2, 0) is 4.74 Å². The molecular formula is C15H20Br2N2O3S. The summed E-state index contributed by atoms with van der Waals surface area (Å²) in [6, 6.07) is 1.80. The normalized spacial score (nSPS) is 18.1. The van der Waals surface area contributed by atoms with Gasteiger partial charge in [-0.15, -0.1) is 11.3 Å². The van der Waals surface area contributed by atoms with Gasteiger partial charge in [0, 0.05) is 24.1 Å². The molecule has 1 aliphatic rings. The molecule has 1 unspecified atom stereocenters. The van der Waals surface area contributed by atoms with Crippen LogP contribution in [0.1, 0.15) is 36.9 Å². The van der Waals surface area contributed by atoms with Crippen molar-refractivity contribution in [3.05, 3.63) is 19.2 Å². The van der Waals surface area contributed by atoms with Gasteiger partial charge < -0.3 is 15.0 Å². The number of nitrogens with zero attached hydrogens (tertiary/aromatic N) is 1. The molecule has 2 rings (SSSR count). The van der Waals surface area contributed by atoms with Gasteiger partial charge >= 0.3 is 6.09 Å². The Labute approximate surface area is 157 Å². The summed E-state index contributed by atoms with van der Waals surface area (Å²) in [5, 5.41) is 2.94. The number of nitrogens with one attached hydrogen (secondary N) is 1. The summed E-state index contributed by atoms with van der Waals surface area (Å²) < 4.78 is 7.15. The zero-order valence-electron chi connectivity index (χ0n) is 13.3. The first-order chi connectivity index (χ1) is 10.7. The van der Waals surface area contributed by atoms with Crippen LogP contribution in [0.4, 0.5) is 4.79 Å². The minimum absolute atomic E-state index is 0.0860. The monoisotopic (exact) mass is 466 g/mol. The molecule has 1 aromatic rings. The Bertz CT molecular complexity index is 579. The van der Waals surface area contributed by atoms with Crippen molar-refractivity contribution in [3.63, 3.8) is 0 Å². The number of carbonyl (C=O) groups is 2. The van der Waals surface area contributed by atoms with Gasteiger partial charge in [-0.2, -0.15) is 0 Å². The van der Waals surface area contributed by atoms with E-state index < -0.39 is 5.60 Å². The van der Waals surface area contributed by atoms with E-state index in [1.54, 1.807) is 11.0 Å². The number of ether oxygens (including phenoxy) is 1. The van der Waals surface area contributed by atoms with Crippen molar-refractivity contribution in [2.24, 2.45) is 5.92 Å². The lowest BCUT2D eigenvalue weighted by atomic mass is 10.1. The molecule has 0 radical (unpaired) electrons. The van der Waals surface area contributed by atoms with Gasteiger partial charge in [-0.25, -0.2) is 4.79 Å². The lowest BCUT2D eigenvalue weighted by Crippen LogP contribution is -2.36. The quantitative estimate of drug-likeness (QED) is 0.722. The third-order valence-corrected chi connectivity index (χ3v) is 6.61. The number of likely N-dealkylation sites (tertiary alicyclic amines) is 1. The molecule has 0 bridgehead atoms. The van der Waals surface area contributed by atoms with Crippen LogP contribution in [0.5, 0.6) is 0 Å². The molecule has 23 heavy (non-hydrogen) atoms. The summed E-state index contributed by atoms with van der Waals surface area (Å²) in [4.78, 5) is 26.5. The summed E-state index contributed by atoms with van der Waals surface area (Å²) in [6.45, 7) is 7.42. The largest absolute Gasteiger partial charge is 0.444 e. The molecule has 2 amide bonds. The average molecular weight is 468 g/mol. The zero-order chi connectivity index (χ0) is 17.2. The Balaban J connectivity index is 1.79. The standard InChI is InChI=1S/C15H20Br2N2O3S/c1-15(2,3)22-14(21)19-5-4-9(8-19)7-18-13(20)11-6-10(16)12(17)23-11/h6,9H,4-5,7-8H2,1-3H3,(H,18,20). The number of hydrogen-bond acceptors (Lipinski definition) is 4. The topological polar surface area (TPSA) is 58.6 Å². The van der Waals surface area contributed by atoms with Crippen LogP contribution in [0.2, 0.25) is 0 Å². The molecule has 0 saturated carbocycles. The summed E-state index contributed by atoms with van der Waals surface area (Å²) in [5.41, 5.74) is -0.483. The number of rotatable bonds is 3. The first kappa shape index (κ1) is 18.7. The number of amides is 2. The molecule has 8 heteroatoms. The second-order valence-corrected chi connectivity index (χ2v) is 9.75. The lowest BCUT2D eigenvalue weighted by Gasteiger charge is -2.24. The Morgan fingerprint density at radius 3 is 2.70 bits per heavy atom. The smallest absolute Gasteiger partial charge is 0.410 e. The molecule has 5 nitrogen and oxygen atoms in total. The van der Waals surface area contributed by atoms with Gasteiger partial charge in [0.2, 0.25) is 0 Å². The third-order valence-electron chi connectivity index (χ3n) is 3.36. The van der Waals surface area contributed by atoms with Crippen LogP contribution < -0.4 is 5.32 Å². The zero-order valence-corrected chi connectivity index (χ0v) is 17.3. The van der Waals surface area contributed by atoms with Gasteiger partial charge in [-0.3, -0.25) is 4.79 Å². The predicted molar refractivity (Wildman–Crippen MR) is 98.0 cm³/mol. The van der Waals surface area contributed by atoms with Crippen molar-refractivity contribution in [1.82, 2.24) is 10.2 Å². The van der Waals surface area contributed by atoms with E-state index in [9.17, 15) is 9.59 Å². The maximum Gasteiger partial charge on any atom is 0.410 e. The molecule has 1 fully saturated rings. The first-order valence-corrected chi connectivity index (χ1v) is 9.77. The molecule has 1 saturated heterocycles.